The van der Waals surface area contributed by atoms with Crippen LogP contribution in [-0.4, -0.2) is 36.9 Å². The number of hydrogen-bond acceptors (Lipinski definition) is 3. The summed E-state index contributed by atoms with van der Waals surface area (Å²) in [6, 6.07) is 4.16. The van der Waals surface area contributed by atoms with Gasteiger partial charge in [0.1, 0.15) is 5.75 Å². The number of fused-ring (bicyclic) bond motifs is 1. The number of nitrogens with zero attached hydrogens (tertiary/aromatic N) is 1. The molecule has 0 N–H and O–H groups in total. The maximum absolute atomic E-state index is 13.4. The Kier molecular flexibility index (Phi) is 9.04. The van der Waals surface area contributed by atoms with Gasteiger partial charge in [-0.25, -0.2) is 0 Å². The van der Waals surface area contributed by atoms with Crippen molar-refractivity contribution >= 4 is 5.78 Å². The summed E-state index contributed by atoms with van der Waals surface area (Å²) in [4.78, 5) is 15.9. The normalized spacial score (nSPS) is 17.9. The van der Waals surface area contributed by atoms with E-state index in [1.807, 2.05) is 0 Å². The Balaban J connectivity index is 1.68. The average molecular weight is 400 g/mol. The zero-order chi connectivity index (χ0) is 20.5. The first kappa shape index (κ1) is 22.3. The van der Waals surface area contributed by atoms with Crippen LogP contribution in [0, 0.1) is 5.92 Å². The van der Waals surface area contributed by atoms with Crippen LogP contribution < -0.4 is 4.74 Å². The quantitative estimate of drug-likeness (QED) is 0.309. The Morgan fingerprint density at radius 1 is 0.966 bits per heavy atom. The minimum absolute atomic E-state index is 0.129. The number of carbonyl (C=O) groups is 1. The van der Waals surface area contributed by atoms with Gasteiger partial charge in [-0.1, -0.05) is 39.5 Å². The second kappa shape index (κ2) is 11.7. The molecule has 3 rings (SSSR count). The van der Waals surface area contributed by atoms with E-state index in [-0.39, 0.29) is 5.92 Å². The van der Waals surface area contributed by atoms with Crippen molar-refractivity contribution in [3.05, 3.63) is 28.8 Å². The molecule has 0 spiro atoms. The highest BCUT2D eigenvalue weighted by Crippen LogP contribution is 2.34. The van der Waals surface area contributed by atoms with Gasteiger partial charge in [0.25, 0.3) is 0 Å². The summed E-state index contributed by atoms with van der Waals surface area (Å²) in [6.45, 7) is 8.47. The number of ketones is 1. The summed E-state index contributed by atoms with van der Waals surface area (Å²) in [6.07, 6.45) is 14.3. The largest absolute Gasteiger partial charge is 0.493 e. The highest BCUT2D eigenvalue weighted by molar-refractivity contribution is 6.00. The molecule has 0 aromatic heterocycles. The van der Waals surface area contributed by atoms with Crippen molar-refractivity contribution in [3.63, 3.8) is 0 Å². The number of carbonyl (C=O) groups excluding carboxylic acids is 1. The second-order valence-electron chi connectivity index (χ2n) is 9.02. The van der Waals surface area contributed by atoms with Crippen LogP contribution in [0.2, 0.25) is 0 Å². The molecule has 1 aliphatic heterocycles. The van der Waals surface area contributed by atoms with Crippen molar-refractivity contribution in [3.8, 4) is 5.75 Å². The van der Waals surface area contributed by atoms with Crippen LogP contribution >= 0.6 is 0 Å². The van der Waals surface area contributed by atoms with Crippen molar-refractivity contribution in [1.29, 1.82) is 0 Å². The molecule has 1 saturated heterocycles. The lowest BCUT2D eigenvalue weighted by molar-refractivity contribution is 0.0884. The van der Waals surface area contributed by atoms with Crippen LogP contribution in [0.3, 0.4) is 0 Å². The van der Waals surface area contributed by atoms with Crippen molar-refractivity contribution in [2.45, 2.75) is 90.9 Å². The number of Topliss-reactive ketones (excluding diaryl/α,β-unsaturated/α-hetero) is 1. The van der Waals surface area contributed by atoms with E-state index in [1.165, 1.54) is 62.5 Å². The van der Waals surface area contributed by atoms with Gasteiger partial charge < -0.3 is 9.64 Å². The molecule has 1 aliphatic carbocycles. The average Bonchev–Trinajstić information content (AvgIpc) is 3.27. The smallest absolute Gasteiger partial charge is 0.167 e. The molecule has 1 fully saturated rings. The third-order valence-corrected chi connectivity index (χ3v) is 6.80. The monoisotopic (exact) mass is 399 g/mol. The maximum Gasteiger partial charge on any atom is 0.167 e. The topological polar surface area (TPSA) is 29.5 Å². The minimum atomic E-state index is 0.129. The molecule has 0 amide bonds. The van der Waals surface area contributed by atoms with Crippen molar-refractivity contribution in [2.24, 2.45) is 5.92 Å². The van der Waals surface area contributed by atoms with Crippen LogP contribution in [0.1, 0.15) is 99.5 Å². The molecule has 1 heterocycles. The Labute approximate surface area is 178 Å². The SMILES string of the molecule is CCCCCCCOc1ccc(C(=O)C(CC)CN2CCCC2)c2c1CCCC2. The first-order chi connectivity index (χ1) is 14.2. The zero-order valence-corrected chi connectivity index (χ0v) is 18.8. The molecule has 1 unspecified atom stereocenters. The molecule has 29 heavy (non-hydrogen) atoms. The van der Waals surface area contributed by atoms with Gasteiger partial charge in [0, 0.05) is 18.0 Å². The molecule has 1 aromatic rings. The van der Waals surface area contributed by atoms with E-state index in [0.29, 0.717) is 5.78 Å². The molecule has 2 aliphatic rings. The first-order valence-corrected chi connectivity index (χ1v) is 12.3. The molecule has 3 heteroatoms. The summed E-state index contributed by atoms with van der Waals surface area (Å²) < 4.78 is 6.19. The van der Waals surface area contributed by atoms with Crippen molar-refractivity contribution in [1.82, 2.24) is 4.90 Å². The van der Waals surface area contributed by atoms with Gasteiger partial charge in [0.2, 0.25) is 0 Å². The number of ether oxygens (including phenoxy) is 1. The van der Waals surface area contributed by atoms with Gasteiger partial charge in [-0.05, 0) is 87.7 Å². The summed E-state index contributed by atoms with van der Waals surface area (Å²) in [5, 5.41) is 0. The molecule has 0 bridgehead atoms. The highest BCUT2D eigenvalue weighted by Gasteiger charge is 2.27. The van der Waals surface area contributed by atoms with Gasteiger partial charge in [0.05, 0.1) is 6.61 Å². The third kappa shape index (κ3) is 6.07. The fourth-order valence-electron chi connectivity index (χ4n) is 4.98. The van der Waals surface area contributed by atoms with E-state index in [1.54, 1.807) is 0 Å². The lowest BCUT2D eigenvalue weighted by atomic mass is 9.83. The standard InChI is InChI=1S/C26H41NO2/c1-3-5-6-7-12-19-29-25-16-15-24(22-13-8-9-14-23(22)25)26(28)21(4-2)20-27-17-10-11-18-27/h15-16,21H,3-14,17-20H2,1-2H3. The van der Waals surface area contributed by atoms with Gasteiger partial charge >= 0.3 is 0 Å². The van der Waals surface area contributed by atoms with E-state index in [4.69, 9.17) is 4.74 Å². The van der Waals surface area contributed by atoms with Crippen LogP contribution in [0.5, 0.6) is 5.75 Å². The van der Waals surface area contributed by atoms with Crippen LogP contribution in [0.25, 0.3) is 0 Å². The van der Waals surface area contributed by atoms with E-state index < -0.39 is 0 Å². The van der Waals surface area contributed by atoms with Gasteiger partial charge in [0.15, 0.2) is 5.78 Å². The van der Waals surface area contributed by atoms with Gasteiger partial charge in [-0.15, -0.1) is 0 Å². The van der Waals surface area contributed by atoms with Crippen LogP contribution in [0.4, 0.5) is 0 Å². The lowest BCUT2D eigenvalue weighted by Crippen LogP contribution is -2.31. The minimum Gasteiger partial charge on any atom is -0.493 e. The van der Waals surface area contributed by atoms with Crippen LogP contribution in [0.15, 0.2) is 12.1 Å². The van der Waals surface area contributed by atoms with E-state index in [9.17, 15) is 4.79 Å². The predicted molar refractivity (Wildman–Crippen MR) is 121 cm³/mol. The van der Waals surface area contributed by atoms with E-state index in [0.717, 1.165) is 63.2 Å². The van der Waals surface area contributed by atoms with Crippen molar-refractivity contribution in [2.75, 3.05) is 26.2 Å². The molecule has 1 atom stereocenters. The molecule has 3 nitrogen and oxygen atoms in total. The van der Waals surface area contributed by atoms with Crippen molar-refractivity contribution < 1.29 is 9.53 Å². The van der Waals surface area contributed by atoms with Gasteiger partial charge in [-0.3, -0.25) is 4.79 Å². The zero-order valence-electron chi connectivity index (χ0n) is 18.8. The molecule has 1 aromatic carbocycles. The predicted octanol–water partition coefficient (Wildman–Crippen LogP) is 6.22. The van der Waals surface area contributed by atoms with E-state index in [2.05, 4.69) is 30.9 Å². The Morgan fingerprint density at radius 3 is 2.41 bits per heavy atom. The molecule has 162 valence electrons. The summed E-state index contributed by atoms with van der Waals surface area (Å²) >= 11 is 0. The number of rotatable bonds is 12. The third-order valence-electron chi connectivity index (χ3n) is 6.80. The molecule has 0 saturated carbocycles. The van der Waals surface area contributed by atoms with E-state index >= 15 is 0 Å². The number of likely N-dealkylation sites (tertiary alicyclic amines) is 1. The molecule has 0 radical (unpaired) electrons. The Hall–Kier alpha value is -1.35. The maximum atomic E-state index is 13.4. The summed E-state index contributed by atoms with van der Waals surface area (Å²) in [5.41, 5.74) is 3.61. The van der Waals surface area contributed by atoms with Crippen LogP contribution in [-0.2, 0) is 12.8 Å². The Morgan fingerprint density at radius 2 is 1.69 bits per heavy atom. The fraction of sp³-hybridized carbons (Fsp3) is 0.731. The number of hydrogen-bond donors (Lipinski definition) is 0. The second-order valence-corrected chi connectivity index (χ2v) is 9.02. The first-order valence-electron chi connectivity index (χ1n) is 12.3. The highest BCUT2D eigenvalue weighted by atomic mass is 16.5. The molecular formula is C26H41NO2. The summed E-state index contributed by atoms with van der Waals surface area (Å²) in [7, 11) is 0. The molecular weight excluding hydrogens is 358 g/mol. The summed E-state index contributed by atoms with van der Waals surface area (Å²) in [5.74, 6) is 1.53. The number of benzene rings is 1. The fourth-order valence-corrected chi connectivity index (χ4v) is 4.98. The Bertz CT molecular complexity index is 648. The number of unbranched alkanes of at least 4 members (excludes halogenated alkanes) is 4. The lowest BCUT2D eigenvalue weighted by Gasteiger charge is -2.26. The van der Waals surface area contributed by atoms with Gasteiger partial charge in [-0.2, -0.15) is 0 Å².